The van der Waals surface area contributed by atoms with Crippen LogP contribution in [0.15, 0.2) is 53.7 Å². The molecule has 3 aromatic rings. The van der Waals surface area contributed by atoms with Crippen molar-refractivity contribution in [3.8, 4) is 5.75 Å². The van der Waals surface area contributed by atoms with Crippen LogP contribution in [-0.2, 0) is 9.84 Å². The highest BCUT2D eigenvalue weighted by molar-refractivity contribution is 7.92. The molecule has 2 N–H and O–H groups in total. The standard InChI is InChI=1S/C34H48N8O3S/c1-25(2)46(43,44)32-10-6-5-9-30(32)38-34-36-24-35-33(39-34)37-29-12-11-28(23-31(29)45-3)42-21-15-27(16-22-42)41-19-13-26(14-20-41)40-17-7-4-8-18-40/h5-6,9-12,23-27H,4,7-8,13-22H2,1-3H3,(H2,35,36,37,38,39). The second-order valence-electron chi connectivity index (χ2n) is 12.9. The summed E-state index contributed by atoms with van der Waals surface area (Å²) in [7, 11) is -1.83. The van der Waals surface area contributed by atoms with Crippen molar-refractivity contribution < 1.29 is 13.2 Å². The van der Waals surface area contributed by atoms with Gasteiger partial charge in [-0.3, -0.25) is 0 Å². The number of hydrogen-bond acceptors (Lipinski definition) is 11. The minimum absolute atomic E-state index is 0.207. The Morgan fingerprint density at radius 3 is 2.04 bits per heavy atom. The van der Waals surface area contributed by atoms with Gasteiger partial charge in [-0.25, -0.2) is 18.4 Å². The van der Waals surface area contributed by atoms with E-state index in [1.165, 1.54) is 77.5 Å². The number of sulfone groups is 1. The van der Waals surface area contributed by atoms with Gasteiger partial charge in [0.25, 0.3) is 0 Å². The van der Waals surface area contributed by atoms with Gasteiger partial charge in [0.2, 0.25) is 11.9 Å². The second-order valence-corrected chi connectivity index (χ2v) is 15.4. The molecule has 248 valence electrons. The predicted molar refractivity (Wildman–Crippen MR) is 183 cm³/mol. The fourth-order valence-corrected chi connectivity index (χ4v) is 8.30. The van der Waals surface area contributed by atoms with Crippen LogP contribution in [0.5, 0.6) is 5.75 Å². The highest BCUT2D eigenvalue weighted by Gasteiger charge is 2.31. The largest absolute Gasteiger partial charge is 0.494 e. The number of piperidine rings is 3. The monoisotopic (exact) mass is 648 g/mol. The van der Waals surface area contributed by atoms with E-state index in [0.29, 0.717) is 23.4 Å². The van der Waals surface area contributed by atoms with Crippen LogP contribution in [0.2, 0.25) is 0 Å². The van der Waals surface area contributed by atoms with Crippen molar-refractivity contribution in [1.29, 1.82) is 0 Å². The molecule has 12 heteroatoms. The van der Waals surface area contributed by atoms with E-state index in [-0.39, 0.29) is 10.8 Å². The van der Waals surface area contributed by atoms with Crippen LogP contribution in [0.3, 0.4) is 0 Å². The number of nitrogens with zero attached hydrogens (tertiary/aromatic N) is 6. The molecule has 6 rings (SSSR count). The Kier molecular flexibility index (Phi) is 10.2. The summed E-state index contributed by atoms with van der Waals surface area (Å²) in [5.74, 6) is 1.25. The maximum absolute atomic E-state index is 12.9. The number of anilines is 5. The van der Waals surface area contributed by atoms with Gasteiger partial charge >= 0.3 is 0 Å². The van der Waals surface area contributed by atoms with Crippen LogP contribution in [0.1, 0.15) is 58.8 Å². The fourth-order valence-electron chi connectivity index (χ4n) is 7.10. The maximum Gasteiger partial charge on any atom is 0.232 e. The summed E-state index contributed by atoms with van der Waals surface area (Å²) in [5, 5.41) is 5.75. The summed E-state index contributed by atoms with van der Waals surface area (Å²) in [6, 6.07) is 14.4. The molecular formula is C34H48N8O3S. The number of nitrogens with one attached hydrogen (secondary N) is 2. The van der Waals surface area contributed by atoms with Gasteiger partial charge in [0.15, 0.2) is 9.84 Å². The van der Waals surface area contributed by atoms with Gasteiger partial charge in [0.1, 0.15) is 12.1 Å². The molecule has 0 atom stereocenters. The molecule has 3 saturated heterocycles. The Morgan fingerprint density at radius 1 is 0.783 bits per heavy atom. The lowest BCUT2D eigenvalue weighted by atomic mass is 9.95. The van der Waals surface area contributed by atoms with Crippen LogP contribution in [0.25, 0.3) is 0 Å². The molecular weight excluding hydrogens is 600 g/mol. The number of likely N-dealkylation sites (tertiary alicyclic amines) is 2. The van der Waals surface area contributed by atoms with Gasteiger partial charge in [0.05, 0.1) is 28.6 Å². The molecule has 0 saturated carbocycles. The summed E-state index contributed by atoms with van der Waals surface area (Å²) >= 11 is 0. The average molecular weight is 649 g/mol. The third kappa shape index (κ3) is 7.39. The number of hydrogen-bond donors (Lipinski definition) is 2. The summed E-state index contributed by atoms with van der Waals surface area (Å²) in [4.78, 5) is 21.2. The lowest BCUT2D eigenvalue weighted by Crippen LogP contribution is -2.51. The van der Waals surface area contributed by atoms with E-state index >= 15 is 0 Å². The van der Waals surface area contributed by atoms with E-state index in [4.69, 9.17) is 4.74 Å². The van der Waals surface area contributed by atoms with Crippen LogP contribution >= 0.6 is 0 Å². The Bertz CT molecular complexity index is 1560. The molecule has 3 aliphatic rings. The zero-order chi connectivity index (χ0) is 32.1. The van der Waals surface area contributed by atoms with E-state index in [1.807, 2.05) is 6.07 Å². The lowest BCUT2D eigenvalue weighted by Gasteiger charge is -2.45. The number of aromatic nitrogens is 3. The molecule has 3 aliphatic heterocycles. The van der Waals surface area contributed by atoms with Gasteiger partial charge < -0.3 is 30.1 Å². The number of ether oxygens (including phenoxy) is 1. The minimum Gasteiger partial charge on any atom is -0.494 e. The zero-order valence-corrected chi connectivity index (χ0v) is 28.2. The van der Waals surface area contributed by atoms with Crippen molar-refractivity contribution in [3.05, 3.63) is 48.8 Å². The molecule has 0 bridgehead atoms. The van der Waals surface area contributed by atoms with Crippen molar-refractivity contribution in [3.63, 3.8) is 0 Å². The van der Waals surface area contributed by atoms with Crippen LogP contribution in [0.4, 0.5) is 29.0 Å². The topological polar surface area (TPSA) is 116 Å². The van der Waals surface area contributed by atoms with Crippen molar-refractivity contribution in [2.75, 3.05) is 61.9 Å². The average Bonchev–Trinajstić information content (AvgIpc) is 3.09. The molecule has 0 unspecified atom stereocenters. The van der Waals surface area contributed by atoms with Gasteiger partial charge in [-0.1, -0.05) is 18.6 Å². The molecule has 0 radical (unpaired) electrons. The summed E-state index contributed by atoms with van der Waals surface area (Å²) in [6.45, 7) is 10.5. The lowest BCUT2D eigenvalue weighted by molar-refractivity contribution is 0.0654. The van der Waals surface area contributed by atoms with Crippen LogP contribution < -0.4 is 20.3 Å². The van der Waals surface area contributed by atoms with Gasteiger partial charge in [-0.15, -0.1) is 0 Å². The number of methoxy groups -OCH3 is 1. The number of rotatable bonds is 10. The fraction of sp³-hybridized carbons (Fsp3) is 0.559. The molecule has 0 aliphatic carbocycles. The quantitative estimate of drug-likeness (QED) is 0.292. The van der Waals surface area contributed by atoms with Crippen molar-refractivity contribution in [1.82, 2.24) is 24.8 Å². The Hall–Kier alpha value is -3.48. The molecule has 0 amide bonds. The normalized spacial score (nSPS) is 19.3. The second kappa shape index (κ2) is 14.5. The van der Waals surface area contributed by atoms with E-state index in [1.54, 1.807) is 45.2 Å². The van der Waals surface area contributed by atoms with Crippen molar-refractivity contribution >= 4 is 38.8 Å². The highest BCUT2D eigenvalue weighted by Crippen LogP contribution is 2.34. The van der Waals surface area contributed by atoms with E-state index in [0.717, 1.165) is 30.5 Å². The number of para-hydroxylation sites is 1. The predicted octanol–water partition coefficient (Wildman–Crippen LogP) is 5.47. The summed E-state index contributed by atoms with van der Waals surface area (Å²) < 4.78 is 31.5. The third-order valence-corrected chi connectivity index (χ3v) is 12.0. The van der Waals surface area contributed by atoms with Gasteiger partial charge in [0, 0.05) is 36.9 Å². The smallest absolute Gasteiger partial charge is 0.232 e. The summed E-state index contributed by atoms with van der Waals surface area (Å²) in [6.07, 6.45) is 10.5. The molecule has 1 aromatic heterocycles. The first-order valence-electron chi connectivity index (χ1n) is 16.8. The first kappa shape index (κ1) is 32.5. The minimum atomic E-state index is -3.50. The SMILES string of the molecule is COc1cc(N2CCC(N3CCC(N4CCCCC4)CC3)CC2)ccc1Nc1ncnc(Nc2ccccc2S(=O)(=O)C(C)C)n1. The third-order valence-electron chi connectivity index (χ3n) is 9.82. The first-order chi connectivity index (χ1) is 22.3. The maximum atomic E-state index is 12.9. The van der Waals surface area contributed by atoms with Crippen molar-refractivity contribution in [2.24, 2.45) is 0 Å². The molecule has 11 nitrogen and oxygen atoms in total. The van der Waals surface area contributed by atoms with E-state index in [9.17, 15) is 8.42 Å². The van der Waals surface area contributed by atoms with E-state index in [2.05, 4.69) is 52.4 Å². The highest BCUT2D eigenvalue weighted by atomic mass is 32.2. The molecule has 3 fully saturated rings. The van der Waals surface area contributed by atoms with Gasteiger partial charge in [-0.05, 0) is 103 Å². The Morgan fingerprint density at radius 2 is 1.39 bits per heavy atom. The number of benzene rings is 2. The zero-order valence-electron chi connectivity index (χ0n) is 27.4. The van der Waals surface area contributed by atoms with Crippen LogP contribution in [-0.4, -0.2) is 96.9 Å². The molecule has 4 heterocycles. The summed E-state index contributed by atoms with van der Waals surface area (Å²) in [5.41, 5.74) is 2.30. The molecule has 46 heavy (non-hydrogen) atoms. The Balaban J connectivity index is 1.06. The molecule has 2 aromatic carbocycles. The van der Waals surface area contributed by atoms with Crippen LogP contribution in [0, 0.1) is 0 Å². The van der Waals surface area contributed by atoms with E-state index < -0.39 is 15.1 Å². The molecule has 0 spiro atoms. The first-order valence-corrected chi connectivity index (χ1v) is 18.3. The van der Waals surface area contributed by atoms with Crippen molar-refractivity contribution in [2.45, 2.75) is 81.0 Å². The Labute approximate surface area is 273 Å². The van der Waals surface area contributed by atoms with Gasteiger partial charge in [-0.2, -0.15) is 4.98 Å².